The highest BCUT2D eigenvalue weighted by Crippen LogP contribution is 2.38. The second-order valence-corrected chi connectivity index (χ2v) is 6.34. The van der Waals surface area contributed by atoms with Gasteiger partial charge in [-0.25, -0.2) is 4.79 Å². The van der Waals surface area contributed by atoms with Crippen molar-refractivity contribution in [3.8, 4) is 0 Å². The number of carbonyl (C=O) groups is 1. The number of hydrogen-bond acceptors (Lipinski definition) is 4. The molecule has 0 aromatic rings. The van der Waals surface area contributed by atoms with Crippen LogP contribution in [0.5, 0.6) is 0 Å². The summed E-state index contributed by atoms with van der Waals surface area (Å²) in [5.41, 5.74) is 0.176. The molecule has 0 spiro atoms. The zero-order valence-corrected chi connectivity index (χ0v) is 14.3. The van der Waals surface area contributed by atoms with E-state index in [9.17, 15) is 13.6 Å². The van der Waals surface area contributed by atoms with Gasteiger partial charge in [-0.15, -0.1) is 0 Å². The molecule has 0 heterocycles. The number of alkyl halides is 2. The number of hydrogen-bond donors (Lipinski definition) is 0. The SMILES string of the molecule is C=C(C)C(=O)OC(C)(COC(F)(F)C1CCCCC1)OCCC. The van der Waals surface area contributed by atoms with E-state index in [1.165, 1.54) is 13.8 Å². The van der Waals surface area contributed by atoms with Crippen molar-refractivity contribution in [2.24, 2.45) is 5.92 Å². The lowest BCUT2D eigenvalue weighted by molar-refractivity contribution is -0.323. The Balaban J connectivity index is 2.67. The summed E-state index contributed by atoms with van der Waals surface area (Å²) < 4.78 is 43.9. The van der Waals surface area contributed by atoms with Crippen molar-refractivity contribution < 1.29 is 27.8 Å². The summed E-state index contributed by atoms with van der Waals surface area (Å²) in [7, 11) is 0. The molecule has 134 valence electrons. The topological polar surface area (TPSA) is 44.8 Å². The lowest BCUT2D eigenvalue weighted by atomic mass is 9.88. The molecule has 1 rings (SSSR count). The smallest absolute Gasteiger partial charge is 0.358 e. The lowest BCUT2D eigenvalue weighted by Gasteiger charge is -2.34. The molecule has 1 atom stereocenters. The molecule has 1 unspecified atom stereocenters. The Kier molecular flexibility index (Phi) is 7.61. The number of rotatable bonds is 9. The highest BCUT2D eigenvalue weighted by Gasteiger charge is 2.44. The van der Waals surface area contributed by atoms with Crippen molar-refractivity contribution in [2.75, 3.05) is 13.2 Å². The van der Waals surface area contributed by atoms with Crippen LogP contribution >= 0.6 is 0 Å². The minimum absolute atomic E-state index is 0.176. The first-order valence-electron chi connectivity index (χ1n) is 8.25. The third-order valence-corrected chi connectivity index (χ3v) is 3.88. The first kappa shape index (κ1) is 20.0. The van der Waals surface area contributed by atoms with Gasteiger partial charge in [0.25, 0.3) is 0 Å². The third kappa shape index (κ3) is 6.55. The predicted molar refractivity (Wildman–Crippen MR) is 83.0 cm³/mol. The molecule has 1 fully saturated rings. The van der Waals surface area contributed by atoms with E-state index in [1.807, 2.05) is 6.92 Å². The molecule has 0 radical (unpaired) electrons. The highest BCUT2D eigenvalue weighted by atomic mass is 19.3. The second kappa shape index (κ2) is 8.73. The predicted octanol–water partition coefficient (Wildman–Crippen LogP) is 4.44. The Morgan fingerprint density at radius 3 is 2.35 bits per heavy atom. The summed E-state index contributed by atoms with van der Waals surface area (Å²) in [4.78, 5) is 11.7. The van der Waals surface area contributed by atoms with Crippen LogP contribution in [0.15, 0.2) is 12.2 Å². The monoisotopic (exact) mass is 334 g/mol. The first-order valence-corrected chi connectivity index (χ1v) is 8.25. The number of ether oxygens (including phenoxy) is 3. The second-order valence-electron chi connectivity index (χ2n) is 6.34. The van der Waals surface area contributed by atoms with Crippen molar-refractivity contribution in [1.29, 1.82) is 0 Å². The zero-order chi connectivity index (χ0) is 17.5. The summed E-state index contributed by atoms with van der Waals surface area (Å²) in [6.07, 6.45) is 0.887. The lowest BCUT2D eigenvalue weighted by Crippen LogP contribution is -2.44. The summed E-state index contributed by atoms with van der Waals surface area (Å²) in [5, 5.41) is 0. The Labute approximate surface area is 137 Å². The van der Waals surface area contributed by atoms with Gasteiger partial charge >= 0.3 is 12.1 Å². The van der Waals surface area contributed by atoms with Crippen molar-refractivity contribution in [2.45, 2.75) is 71.2 Å². The molecule has 1 aliphatic rings. The normalized spacial score (nSPS) is 19.2. The van der Waals surface area contributed by atoms with Crippen molar-refractivity contribution in [3.05, 3.63) is 12.2 Å². The van der Waals surface area contributed by atoms with E-state index in [4.69, 9.17) is 14.2 Å². The molecule has 0 amide bonds. The van der Waals surface area contributed by atoms with Gasteiger partial charge in [-0.1, -0.05) is 32.8 Å². The number of carbonyl (C=O) groups excluding carboxylic acids is 1. The molecular weight excluding hydrogens is 306 g/mol. The van der Waals surface area contributed by atoms with Gasteiger partial charge in [-0.05, 0) is 26.2 Å². The van der Waals surface area contributed by atoms with Crippen LogP contribution < -0.4 is 0 Å². The summed E-state index contributed by atoms with van der Waals surface area (Å²) in [5.74, 6) is -3.03. The van der Waals surface area contributed by atoms with Gasteiger partial charge in [0.2, 0.25) is 5.79 Å². The summed E-state index contributed by atoms with van der Waals surface area (Å²) in [6, 6.07) is 0. The van der Waals surface area contributed by atoms with Gasteiger partial charge in [-0.2, -0.15) is 8.78 Å². The standard InChI is InChI=1S/C17H28F2O4/c1-5-11-21-16(4,23-15(20)13(2)3)12-22-17(18,19)14-9-7-6-8-10-14/h14H,2,5-12H2,1,3-4H3. The van der Waals surface area contributed by atoms with Gasteiger partial charge < -0.3 is 14.2 Å². The Morgan fingerprint density at radius 2 is 1.83 bits per heavy atom. The summed E-state index contributed by atoms with van der Waals surface area (Å²) in [6.45, 7) is 8.03. The molecule has 1 saturated carbocycles. The molecule has 4 nitrogen and oxygen atoms in total. The van der Waals surface area contributed by atoms with Crippen molar-refractivity contribution in [1.82, 2.24) is 0 Å². The van der Waals surface area contributed by atoms with Crippen LogP contribution in [-0.2, 0) is 19.0 Å². The van der Waals surface area contributed by atoms with Gasteiger partial charge in [-0.3, -0.25) is 0 Å². The van der Waals surface area contributed by atoms with E-state index in [1.54, 1.807) is 0 Å². The van der Waals surface area contributed by atoms with Crippen LogP contribution in [0.2, 0.25) is 0 Å². The quantitative estimate of drug-likeness (QED) is 0.355. The van der Waals surface area contributed by atoms with Crippen LogP contribution in [0, 0.1) is 5.92 Å². The average Bonchev–Trinajstić information content (AvgIpc) is 2.52. The first-order chi connectivity index (χ1) is 10.7. The highest BCUT2D eigenvalue weighted by molar-refractivity contribution is 5.87. The maximum Gasteiger partial charge on any atom is 0.358 e. The Bertz CT molecular complexity index is 405. The molecule has 0 aromatic heterocycles. The van der Waals surface area contributed by atoms with E-state index in [2.05, 4.69) is 6.58 Å². The van der Waals surface area contributed by atoms with Gasteiger partial charge in [0, 0.05) is 12.5 Å². The van der Waals surface area contributed by atoms with Crippen LogP contribution in [0.3, 0.4) is 0 Å². The molecule has 0 bridgehead atoms. The molecule has 0 aromatic carbocycles. The van der Waals surface area contributed by atoms with E-state index >= 15 is 0 Å². The molecule has 6 heteroatoms. The van der Waals surface area contributed by atoms with Crippen LogP contribution in [-0.4, -0.2) is 31.1 Å². The maximum absolute atomic E-state index is 14.2. The van der Waals surface area contributed by atoms with Crippen LogP contribution in [0.1, 0.15) is 59.3 Å². The molecule has 0 saturated heterocycles. The summed E-state index contributed by atoms with van der Waals surface area (Å²) >= 11 is 0. The third-order valence-electron chi connectivity index (χ3n) is 3.88. The average molecular weight is 334 g/mol. The van der Waals surface area contributed by atoms with E-state index in [-0.39, 0.29) is 12.2 Å². The fourth-order valence-corrected chi connectivity index (χ4v) is 2.49. The van der Waals surface area contributed by atoms with Gasteiger partial charge in [0.1, 0.15) is 6.61 Å². The van der Waals surface area contributed by atoms with E-state index < -0.39 is 30.4 Å². The van der Waals surface area contributed by atoms with Gasteiger partial charge in [0.15, 0.2) is 0 Å². The maximum atomic E-state index is 14.2. The number of esters is 1. The zero-order valence-electron chi connectivity index (χ0n) is 14.3. The molecule has 0 aliphatic heterocycles. The largest absolute Gasteiger partial charge is 0.427 e. The van der Waals surface area contributed by atoms with Gasteiger partial charge in [0.05, 0.1) is 12.5 Å². The van der Waals surface area contributed by atoms with Crippen molar-refractivity contribution in [3.63, 3.8) is 0 Å². The van der Waals surface area contributed by atoms with Crippen LogP contribution in [0.25, 0.3) is 0 Å². The minimum atomic E-state index is -3.24. The Hall–Kier alpha value is -1.01. The molecule has 23 heavy (non-hydrogen) atoms. The van der Waals surface area contributed by atoms with E-state index in [0.717, 1.165) is 19.3 Å². The van der Waals surface area contributed by atoms with E-state index in [0.29, 0.717) is 19.3 Å². The Morgan fingerprint density at radius 1 is 1.22 bits per heavy atom. The molecule has 1 aliphatic carbocycles. The minimum Gasteiger partial charge on any atom is -0.427 e. The fraction of sp³-hybridized carbons (Fsp3) is 0.824. The van der Waals surface area contributed by atoms with Crippen LogP contribution in [0.4, 0.5) is 8.78 Å². The number of halogens is 2. The molecular formula is C17H28F2O4. The van der Waals surface area contributed by atoms with Crippen molar-refractivity contribution >= 4 is 5.97 Å². The fourth-order valence-electron chi connectivity index (χ4n) is 2.49. The molecule has 0 N–H and O–H groups in total.